The second kappa shape index (κ2) is 5.52. The molecule has 0 bridgehead atoms. The van der Waals surface area contributed by atoms with E-state index in [1.165, 1.54) is 0 Å². The molecule has 7 heteroatoms. The molecular formula is C10H13F2NO3S. The minimum atomic E-state index is -3.95. The highest BCUT2D eigenvalue weighted by Gasteiger charge is 2.17. The highest BCUT2D eigenvalue weighted by atomic mass is 32.2. The van der Waals surface area contributed by atoms with Crippen LogP contribution in [0.4, 0.5) is 8.78 Å². The number of sulfonamides is 1. The van der Waals surface area contributed by atoms with Gasteiger partial charge in [-0.25, -0.2) is 21.9 Å². The lowest BCUT2D eigenvalue weighted by atomic mass is 10.2. The molecule has 0 amide bonds. The lowest BCUT2D eigenvalue weighted by Crippen LogP contribution is -2.29. The Kier molecular flexibility index (Phi) is 4.55. The van der Waals surface area contributed by atoms with Crippen LogP contribution in [0.5, 0.6) is 0 Å². The smallest absolute Gasteiger partial charge is 0.240 e. The van der Waals surface area contributed by atoms with Crippen molar-refractivity contribution < 1.29 is 22.3 Å². The van der Waals surface area contributed by atoms with Gasteiger partial charge in [-0.15, -0.1) is 0 Å². The number of hydrogen-bond acceptors (Lipinski definition) is 3. The van der Waals surface area contributed by atoms with Gasteiger partial charge in [0.1, 0.15) is 11.6 Å². The molecule has 0 saturated heterocycles. The first kappa shape index (κ1) is 14.0. The largest absolute Gasteiger partial charge is 0.396 e. The lowest BCUT2D eigenvalue weighted by molar-refractivity contribution is 0.238. The third-order valence-corrected chi connectivity index (χ3v) is 3.48. The lowest BCUT2D eigenvalue weighted by Gasteiger charge is -2.10. The van der Waals surface area contributed by atoms with Crippen molar-refractivity contribution in [3.63, 3.8) is 0 Å². The number of aliphatic hydroxyl groups excluding tert-OH is 1. The Morgan fingerprint density at radius 3 is 2.29 bits per heavy atom. The van der Waals surface area contributed by atoms with Crippen LogP contribution in [-0.2, 0) is 10.0 Å². The van der Waals surface area contributed by atoms with Crippen molar-refractivity contribution in [1.82, 2.24) is 4.72 Å². The molecular weight excluding hydrogens is 252 g/mol. The Morgan fingerprint density at radius 1 is 1.29 bits per heavy atom. The van der Waals surface area contributed by atoms with Gasteiger partial charge in [0.25, 0.3) is 0 Å². The van der Waals surface area contributed by atoms with Gasteiger partial charge in [0, 0.05) is 19.2 Å². The molecule has 1 aromatic carbocycles. The molecule has 0 spiro atoms. The van der Waals surface area contributed by atoms with E-state index in [0.717, 1.165) is 12.1 Å². The van der Waals surface area contributed by atoms with Crippen LogP contribution in [0.1, 0.15) is 6.92 Å². The first-order valence-corrected chi connectivity index (χ1v) is 6.40. The topological polar surface area (TPSA) is 66.4 Å². The average molecular weight is 265 g/mol. The molecule has 0 radical (unpaired) electrons. The van der Waals surface area contributed by atoms with E-state index in [0.29, 0.717) is 6.07 Å². The number of hydrogen-bond donors (Lipinski definition) is 2. The van der Waals surface area contributed by atoms with Crippen LogP contribution in [-0.4, -0.2) is 26.7 Å². The first-order valence-electron chi connectivity index (χ1n) is 4.92. The number of nitrogens with one attached hydrogen (secondary N) is 1. The summed E-state index contributed by atoms with van der Waals surface area (Å²) in [5.41, 5.74) is 0. The highest BCUT2D eigenvalue weighted by molar-refractivity contribution is 7.89. The molecule has 96 valence electrons. The van der Waals surface area contributed by atoms with Crippen LogP contribution in [0.2, 0.25) is 0 Å². The van der Waals surface area contributed by atoms with Crippen molar-refractivity contribution in [3.8, 4) is 0 Å². The van der Waals surface area contributed by atoms with Gasteiger partial charge in [-0.3, -0.25) is 0 Å². The zero-order valence-electron chi connectivity index (χ0n) is 9.15. The average Bonchev–Trinajstić information content (AvgIpc) is 2.24. The Hall–Kier alpha value is -1.05. The van der Waals surface area contributed by atoms with Crippen LogP contribution in [0.15, 0.2) is 23.1 Å². The number of halogens is 2. The minimum absolute atomic E-state index is 0.00301. The van der Waals surface area contributed by atoms with E-state index in [1.54, 1.807) is 6.92 Å². The molecule has 1 atom stereocenters. The third kappa shape index (κ3) is 4.03. The number of benzene rings is 1. The van der Waals surface area contributed by atoms with Crippen molar-refractivity contribution in [1.29, 1.82) is 0 Å². The minimum Gasteiger partial charge on any atom is -0.396 e. The van der Waals surface area contributed by atoms with Crippen molar-refractivity contribution in [3.05, 3.63) is 29.8 Å². The predicted molar refractivity (Wildman–Crippen MR) is 57.8 cm³/mol. The molecule has 0 aliphatic heterocycles. The van der Waals surface area contributed by atoms with Crippen LogP contribution in [0, 0.1) is 17.6 Å². The molecule has 0 fully saturated rings. The quantitative estimate of drug-likeness (QED) is 0.830. The molecule has 17 heavy (non-hydrogen) atoms. The summed E-state index contributed by atoms with van der Waals surface area (Å²) in [5, 5.41) is 8.74. The van der Waals surface area contributed by atoms with Crippen molar-refractivity contribution >= 4 is 10.0 Å². The maximum Gasteiger partial charge on any atom is 0.240 e. The Bertz CT molecular complexity index is 470. The van der Waals surface area contributed by atoms with Crippen molar-refractivity contribution in [2.24, 2.45) is 5.92 Å². The van der Waals surface area contributed by atoms with Gasteiger partial charge in [-0.2, -0.15) is 0 Å². The summed E-state index contributed by atoms with van der Waals surface area (Å²) in [6.45, 7) is 1.45. The first-order chi connectivity index (χ1) is 7.85. The molecule has 0 aliphatic carbocycles. The number of rotatable bonds is 5. The molecule has 0 saturated carbocycles. The molecule has 0 aliphatic rings. The molecule has 4 nitrogen and oxygen atoms in total. The van der Waals surface area contributed by atoms with Crippen molar-refractivity contribution in [2.75, 3.05) is 13.2 Å². The fraction of sp³-hybridized carbons (Fsp3) is 0.400. The fourth-order valence-corrected chi connectivity index (χ4v) is 2.29. The standard InChI is InChI=1S/C10H13F2NO3S/c1-7(6-14)5-13-17(15,16)10-3-8(11)2-9(12)4-10/h2-4,7,13-14H,5-6H2,1H3. The maximum absolute atomic E-state index is 12.9. The van der Waals surface area contributed by atoms with Crippen LogP contribution in [0.25, 0.3) is 0 Å². The predicted octanol–water partition coefficient (Wildman–Crippen LogP) is 0.871. The van der Waals surface area contributed by atoms with Gasteiger partial charge in [0.15, 0.2) is 0 Å². The van der Waals surface area contributed by atoms with Crippen LogP contribution >= 0.6 is 0 Å². The SMILES string of the molecule is CC(CO)CNS(=O)(=O)c1cc(F)cc(F)c1. The van der Waals surface area contributed by atoms with Crippen LogP contribution in [0.3, 0.4) is 0 Å². The molecule has 0 heterocycles. The summed E-state index contributed by atoms with van der Waals surface area (Å²) in [6.07, 6.45) is 0. The third-order valence-electron chi connectivity index (χ3n) is 2.08. The van der Waals surface area contributed by atoms with Crippen molar-refractivity contribution in [2.45, 2.75) is 11.8 Å². The summed E-state index contributed by atoms with van der Waals surface area (Å²) in [5.74, 6) is -2.19. The molecule has 1 unspecified atom stereocenters. The fourth-order valence-electron chi connectivity index (χ4n) is 1.08. The van der Waals surface area contributed by atoms with Gasteiger partial charge < -0.3 is 5.11 Å². The Balaban J connectivity index is 2.89. The summed E-state index contributed by atoms with van der Waals surface area (Å²) < 4.78 is 51.1. The monoisotopic (exact) mass is 265 g/mol. The maximum atomic E-state index is 12.9. The van der Waals surface area contributed by atoms with E-state index in [-0.39, 0.29) is 19.1 Å². The van der Waals surface area contributed by atoms with E-state index in [9.17, 15) is 17.2 Å². The van der Waals surface area contributed by atoms with E-state index < -0.39 is 26.6 Å². The summed E-state index contributed by atoms with van der Waals surface area (Å²) in [7, 11) is -3.95. The van der Waals surface area contributed by atoms with E-state index in [4.69, 9.17) is 5.11 Å². The van der Waals surface area contributed by atoms with Gasteiger partial charge in [-0.1, -0.05) is 6.92 Å². The van der Waals surface area contributed by atoms with Gasteiger partial charge >= 0.3 is 0 Å². The summed E-state index contributed by atoms with van der Waals surface area (Å²) in [4.78, 5) is -0.472. The number of aliphatic hydroxyl groups is 1. The van der Waals surface area contributed by atoms with E-state index in [2.05, 4.69) is 4.72 Å². The molecule has 2 N–H and O–H groups in total. The van der Waals surface area contributed by atoms with E-state index in [1.807, 2.05) is 0 Å². The summed E-state index contributed by atoms with van der Waals surface area (Å²) >= 11 is 0. The Labute approximate surface area is 98.3 Å². The normalized spacial score (nSPS) is 13.6. The molecule has 1 aromatic rings. The Morgan fingerprint density at radius 2 is 1.82 bits per heavy atom. The van der Waals surface area contributed by atoms with Crippen LogP contribution < -0.4 is 4.72 Å². The highest BCUT2D eigenvalue weighted by Crippen LogP contribution is 2.13. The molecule has 0 aromatic heterocycles. The van der Waals surface area contributed by atoms with E-state index >= 15 is 0 Å². The van der Waals surface area contributed by atoms with Gasteiger partial charge in [-0.05, 0) is 18.1 Å². The summed E-state index contributed by atoms with van der Waals surface area (Å²) in [6, 6.07) is 2.05. The van der Waals surface area contributed by atoms with Gasteiger partial charge in [0.05, 0.1) is 4.90 Å². The molecule has 1 rings (SSSR count). The second-order valence-corrected chi connectivity index (χ2v) is 5.51. The zero-order chi connectivity index (χ0) is 13.1. The second-order valence-electron chi connectivity index (χ2n) is 3.74. The zero-order valence-corrected chi connectivity index (χ0v) is 9.97. The van der Waals surface area contributed by atoms with Gasteiger partial charge in [0.2, 0.25) is 10.0 Å².